The third-order valence-electron chi connectivity index (χ3n) is 3.41. The monoisotopic (exact) mass is 339 g/mol. The van der Waals surface area contributed by atoms with E-state index >= 15 is 0 Å². The van der Waals surface area contributed by atoms with Crippen LogP contribution < -0.4 is 5.32 Å². The van der Waals surface area contributed by atoms with E-state index < -0.39 is 0 Å². The molecular formula is C14H14ClN3OS2. The molecule has 1 aliphatic heterocycles. The van der Waals surface area contributed by atoms with Gasteiger partial charge < -0.3 is 5.32 Å². The van der Waals surface area contributed by atoms with Gasteiger partial charge in [-0.1, -0.05) is 23.0 Å². The number of nitrogens with zero attached hydrogens (tertiary/aromatic N) is 2. The molecule has 7 heteroatoms. The Morgan fingerprint density at radius 1 is 1.52 bits per heavy atom. The van der Waals surface area contributed by atoms with Crippen molar-refractivity contribution in [2.24, 2.45) is 0 Å². The van der Waals surface area contributed by atoms with Gasteiger partial charge in [0.2, 0.25) is 0 Å². The average Bonchev–Trinajstić information content (AvgIpc) is 2.96. The SMILES string of the molecule is CCc1nnsc1C(=O)NC1CCSc2ccc(Cl)cc21. The Balaban J connectivity index is 1.83. The molecule has 1 unspecified atom stereocenters. The summed E-state index contributed by atoms with van der Waals surface area (Å²) < 4.78 is 3.87. The average molecular weight is 340 g/mol. The minimum absolute atomic E-state index is 0.000689. The fourth-order valence-corrected chi connectivity index (χ4v) is 4.29. The lowest BCUT2D eigenvalue weighted by atomic mass is 10.0. The summed E-state index contributed by atoms with van der Waals surface area (Å²) in [7, 11) is 0. The molecule has 110 valence electrons. The maximum Gasteiger partial charge on any atom is 0.265 e. The molecule has 1 aromatic heterocycles. The van der Waals surface area contributed by atoms with Crippen LogP contribution in [-0.4, -0.2) is 21.2 Å². The highest BCUT2D eigenvalue weighted by Crippen LogP contribution is 2.37. The van der Waals surface area contributed by atoms with Crippen molar-refractivity contribution in [1.29, 1.82) is 0 Å². The summed E-state index contributed by atoms with van der Waals surface area (Å²) in [6.45, 7) is 1.97. The zero-order valence-corrected chi connectivity index (χ0v) is 13.8. The molecule has 2 heterocycles. The van der Waals surface area contributed by atoms with Crippen molar-refractivity contribution in [1.82, 2.24) is 14.9 Å². The molecule has 1 amide bonds. The first-order valence-electron chi connectivity index (χ1n) is 6.73. The Hall–Kier alpha value is -1.11. The lowest BCUT2D eigenvalue weighted by Crippen LogP contribution is -2.30. The van der Waals surface area contributed by atoms with E-state index in [0.29, 0.717) is 16.3 Å². The number of nitrogens with one attached hydrogen (secondary N) is 1. The van der Waals surface area contributed by atoms with Crippen LogP contribution in [-0.2, 0) is 6.42 Å². The number of amides is 1. The molecule has 1 atom stereocenters. The van der Waals surface area contributed by atoms with Gasteiger partial charge in [-0.05, 0) is 48.1 Å². The first-order chi connectivity index (χ1) is 10.2. The largest absolute Gasteiger partial charge is 0.344 e. The Kier molecular flexibility index (Phi) is 4.47. The fourth-order valence-electron chi connectivity index (χ4n) is 2.35. The number of hydrogen-bond donors (Lipinski definition) is 1. The molecule has 1 N–H and O–H groups in total. The van der Waals surface area contributed by atoms with Gasteiger partial charge in [-0.15, -0.1) is 16.9 Å². The van der Waals surface area contributed by atoms with E-state index in [0.717, 1.165) is 35.0 Å². The number of aryl methyl sites for hydroxylation is 1. The van der Waals surface area contributed by atoms with Crippen LogP contribution in [0.4, 0.5) is 0 Å². The highest BCUT2D eigenvalue weighted by molar-refractivity contribution is 7.99. The standard InChI is InChI=1S/C14H14ClN3OS2/c1-2-10-13(21-18-17-10)14(19)16-11-5-6-20-12-4-3-8(15)7-9(11)12/h3-4,7,11H,2,5-6H2,1H3,(H,16,19). The number of hydrogen-bond acceptors (Lipinski definition) is 5. The molecule has 0 bridgehead atoms. The number of rotatable bonds is 3. The molecular weight excluding hydrogens is 326 g/mol. The van der Waals surface area contributed by atoms with Gasteiger partial charge in [0.15, 0.2) is 0 Å². The van der Waals surface area contributed by atoms with Crippen molar-refractivity contribution in [3.63, 3.8) is 0 Å². The van der Waals surface area contributed by atoms with E-state index in [1.165, 1.54) is 4.90 Å². The maximum absolute atomic E-state index is 12.4. The van der Waals surface area contributed by atoms with Crippen molar-refractivity contribution >= 4 is 40.8 Å². The Morgan fingerprint density at radius 2 is 2.38 bits per heavy atom. The minimum atomic E-state index is -0.0929. The van der Waals surface area contributed by atoms with Crippen molar-refractivity contribution < 1.29 is 4.79 Å². The summed E-state index contributed by atoms with van der Waals surface area (Å²) in [5.41, 5.74) is 1.86. The third kappa shape index (κ3) is 3.07. The van der Waals surface area contributed by atoms with Crippen LogP contribution in [0.2, 0.25) is 5.02 Å². The summed E-state index contributed by atoms with van der Waals surface area (Å²) in [5.74, 6) is 0.894. The minimum Gasteiger partial charge on any atom is -0.344 e. The molecule has 1 aromatic carbocycles. The van der Waals surface area contributed by atoms with Gasteiger partial charge in [0.1, 0.15) is 4.88 Å². The van der Waals surface area contributed by atoms with Crippen molar-refractivity contribution in [2.75, 3.05) is 5.75 Å². The highest BCUT2D eigenvalue weighted by atomic mass is 35.5. The number of fused-ring (bicyclic) bond motifs is 1. The van der Waals surface area contributed by atoms with Gasteiger partial charge in [-0.25, -0.2) is 0 Å². The first-order valence-corrected chi connectivity index (χ1v) is 8.87. The van der Waals surface area contributed by atoms with Gasteiger partial charge in [0, 0.05) is 15.7 Å². The van der Waals surface area contributed by atoms with E-state index in [1.54, 1.807) is 11.8 Å². The summed E-state index contributed by atoms with van der Waals surface area (Å²) in [4.78, 5) is 14.2. The summed E-state index contributed by atoms with van der Waals surface area (Å²) in [6.07, 6.45) is 1.61. The van der Waals surface area contributed by atoms with Gasteiger partial charge in [-0.3, -0.25) is 4.79 Å². The number of halogens is 1. The number of aromatic nitrogens is 2. The predicted molar refractivity (Wildman–Crippen MR) is 86.3 cm³/mol. The Bertz CT molecular complexity index is 674. The van der Waals surface area contributed by atoms with Crippen LogP contribution in [0.3, 0.4) is 0 Å². The number of carbonyl (C=O) groups excluding carboxylic acids is 1. The molecule has 0 spiro atoms. The van der Waals surface area contributed by atoms with Gasteiger partial charge in [0.25, 0.3) is 5.91 Å². The summed E-state index contributed by atoms with van der Waals surface area (Å²) in [6, 6.07) is 5.85. The zero-order valence-electron chi connectivity index (χ0n) is 11.4. The van der Waals surface area contributed by atoms with Crippen LogP contribution in [0.5, 0.6) is 0 Å². The Morgan fingerprint density at radius 3 is 3.19 bits per heavy atom. The second kappa shape index (κ2) is 6.34. The van der Waals surface area contributed by atoms with E-state index in [9.17, 15) is 4.79 Å². The molecule has 3 rings (SSSR count). The third-order valence-corrected chi connectivity index (χ3v) is 5.54. The van der Waals surface area contributed by atoms with E-state index in [1.807, 2.05) is 25.1 Å². The van der Waals surface area contributed by atoms with Crippen LogP contribution in [0.25, 0.3) is 0 Å². The molecule has 0 aliphatic carbocycles. The van der Waals surface area contributed by atoms with E-state index in [4.69, 9.17) is 11.6 Å². The van der Waals surface area contributed by atoms with Crippen LogP contribution >= 0.6 is 34.9 Å². The number of benzene rings is 1. The molecule has 0 saturated carbocycles. The molecule has 0 saturated heterocycles. The number of thioether (sulfide) groups is 1. The van der Waals surface area contributed by atoms with Crippen molar-refractivity contribution in [3.8, 4) is 0 Å². The topological polar surface area (TPSA) is 54.9 Å². The predicted octanol–water partition coefficient (Wildman–Crippen LogP) is 3.72. The summed E-state index contributed by atoms with van der Waals surface area (Å²) in [5, 5.41) is 7.79. The van der Waals surface area contributed by atoms with E-state index in [-0.39, 0.29) is 11.9 Å². The van der Waals surface area contributed by atoms with Crippen LogP contribution in [0.1, 0.15) is 40.3 Å². The van der Waals surface area contributed by atoms with Gasteiger partial charge >= 0.3 is 0 Å². The second-order valence-electron chi connectivity index (χ2n) is 4.75. The van der Waals surface area contributed by atoms with Crippen molar-refractivity contribution in [3.05, 3.63) is 39.4 Å². The molecule has 2 aromatic rings. The molecule has 0 radical (unpaired) electrons. The first kappa shape index (κ1) is 14.8. The van der Waals surface area contributed by atoms with Crippen LogP contribution in [0.15, 0.2) is 23.1 Å². The highest BCUT2D eigenvalue weighted by Gasteiger charge is 2.25. The van der Waals surface area contributed by atoms with Gasteiger partial charge in [0.05, 0.1) is 11.7 Å². The quantitative estimate of drug-likeness (QED) is 0.926. The smallest absolute Gasteiger partial charge is 0.265 e. The molecule has 1 aliphatic rings. The normalized spacial score (nSPS) is 17.3. The molecule has 0 fully saturated rings. The second-order valence-corrected chi connectivity index (χ2v) is 7.07. The molecule has 4 nitrogen and oxygen atoms in total. The lowest BCUT2D eigenvalue weighted by Gasteiger charge is -2.26. The lowest BCUT2D eigenvalue weighted by molar-refractivity contribution is 0.0938. The molecule has 21 heavy (non-hydrogen) atoms. The zero-order chi connectivity index (χ0) is 14.8. The summed E-state index contributed by atoms with van der Waals surface area (Å²) >= 11 is 9.04. The van der Waals surface area contributed by atoms with Crippen LogP contribution in [0, 0.1) is 0 Å². The Labute approximate surface area is 136 Å². The van der Waals surface area contributed by atoms with Gasteiger partial charge in [-0.2, -0.15) is 0 Å². The van der Waals surface area contributed by atoms with Crippen molar-refractivity contribution in [2.45, 2.75) is 30.7 Å². The maximum atomic E-state index is 12.4. The fraction of sp³-hybridized carbons (Fsp3) is 0.357. The number of carbonyl (C=O) groups is 1. The van der Waals surface area contributed by atoms with E-state index in [2.05, 4.69) is 14.9 Å².